The summed E-state index contributed by atoms with van der Waals surface area (Å²) in [6, 6.07) is 24.2. The van der Waals surface area contributed by atoms with E-state index in [9.17, 15) is 14.0 Å². The molecule has 3 aromatic carbocycles. The van der Waals surface area contributed by atoms with E-state index in [-0.39, 0.29) is 29.1 Å². The SMILES string of the molecule is COc1cc(C(=O)N2CCCC23CN(C(=O)c2ccc(Oc4ccccc4)cc2)C3)nn1-c1ccccc1F. The van der Waals surface area contributed by atoms with Gasteiger partial charge in [0.2, 0.25) is 5.88 Å². The average molecular weight is 527 g/mol. The van der Waals surface area contributed by atoms with Gasteiger partial charge in [-0.1, -0.05) is 30.3 Å². The van der Waals surface area contributed by atoms with Crippen molar-refractivity contribution in [2.75, 3.05) is 26.7 Å². The molecular formula is C30H27FN4O4. The first-order valence-electron chi connectivity index (χ1n) is 12.8. The third kappa shape index (κ3) is 4.50. The molecule has 8 nitrogen and oxygen atoms in total. The molecule has 1 aromatic heterocycles. The number of methoxy groups -OCH3 is 1. The van der Waals surface area contributed by atoms with Crippen molar-refractivity contribution in [3.63, 3.8) is 0 Å². The molecule has 2 aliphatic rings. The van der Waals surface area contributed by atoms with Crippen LogP contribution in [0.3, 0.4) is 0 Å². The number of benzene rings is 3. The Morgan fingerprint density at radius 3 is 2.31 bits per heavy atom. The molecule has 3 heterocycles. The van der Waals surface area contributed by atoms with Crippen molar-refractivity contribution in [1.29, 1.82) is 0 Å². The molecule has 198 valence electrons. The maximum Gasteiger partial charge on any atom is 0.275 e. The van der Waals surface area contributed by atoms with Crippen molar-refractivity contribution in [3.8, 4) is 23.1 Å². The molecule has 2 fully saturated rings. The molecule has 0 unspecified atom stereocenters. The normalized spacial score (nSPS) is 15.7. The predicted molar refractivity (Wildman–Crippen MR) is 142 cm³/mol. The molecular weight excluding hydrogens is 499 g/mol. The minimum absolute atomic E-state index is 0.0864. The minimum atomic E-state index is -0.469. The van der Waals surface area contributed by atoms with Crippen LogP contribution in [0.4, 0.5) is 4.39 Å². The molecule has 0 N–H and O–H groups in total. The van der Waals surface area contributed by atoms with Crippen molar-refractivity contribution in [1.82, 2.24) is 19.6 Å². The van der Waals surface area contributed by atoms with Gasteiger partial charge in [0, 0.05) is 31.3 Å². The van der Waals surface area contributed by atoms with E-state index in [1.807, 2.05) is 30.3 Å². The minimum Gasteiger partial charge on any atom is -0.481 e. The lowest BCUT2D eigenvalue weighted by atomic mass is 9.86. The molecule has 0 saturated carbocycles. The Bertz CT molecular complexity index is 1510. The van der Waals surface area contributed by atoms with Gasteiger partial charge in [0.1, 0.15) is 23.0 Å². The molecule has 2 amide bonds. The summed E-state index contributed by atoms with van der Waals surface area (Å²) in [5.41, 5.74) is 0.507. The first-order valence-corrected chi connectivity index (χ1v) is 12.8. The van der Waals surface area contributed by atoms with Gasteiger partial charge in [0.05, 0.1) is 12.6 Å². The molecule has 0 bridgehead atoms. The molecule has 2 saturated heterocycles. The van der Waals surface area contributed by atoms with Gasteiger partial charge < -0.3 is 19.3 Å². The highest BCUT2D eigenvalue weighted by Crippen LogP contribution is 2.39. The summed E-state index contributed by atoms with van der Waals surface area (Å²) in [5, 5.41) is 4.39. The van der Waals surface area contributed by atoms with Crippen LogP contribution >= 0.6 is 0 Å². The number of ether oxygens (including phenoxy) is 2. The number of amides is 2. The molecule has 39 heavy (non-hydrogen) atoms. The molecule has 4 aromatic rings. The van der Waals surface area contributed by atoms with E-state index in [1.165, 1.54) is 23.9 Å². The summed E-state index contributed by atoms with van der Waals surface area (Å²) >= 11 is 0. The Labute approximate surface area is 225 Å². The number of hydrogen-bond acceptors (Lipinski definition) is 5. The number of hydrogen-bond donors (Lipinski definition) is 0. The van der Waals surface area contributed by atoms with E-state index in [2.05, 4.69) is 5.10 Å². The van der Waals surface area contributed by atoms with E-state index >= 15 is 0 Å². The summed E-state index contributed by atoms with van der Waals surface area (Å²) in [6.07, 6.45) is 1.64. The highest BCUT2D eigenvalue weighted by Gasteiger charge is 2.54. The Balaban J connectivity index is 1.14. The van der Waals surface area contributed by atoms with Crippen LogP contribution < -0.4 is 9.47 Å². The fraction of sp³-hybridized carbons (Fsp3) is 0.233. The lowest BCUT2D eigenvalue weighted by molar-refractivity contribution is -0.0118. The molecule has 0 radical (unpaired) electrons. The fourth-order valence-electron chi connectivity index (χ4n) is 5.41. The summed E-state index contributed by atoms with van der Waals surface area (Å²) in [6.45, 7) is 1.47. The number of aromatic nitrogens is 2. The van der Waals surface area contributed by atoms with Gasteiger partial charge in [-0.05, 0) is 61.4 Å². The zero-order valence-corrected chi connectivity index (χ0v) is 21.4. The van der Waals surface area contributed by atoms with E-state index in [4.69, 9.17) is 9.47 Å². The lowest BCUT2D eigenvalue weighted by Crippen LogP contribution is -2.69. The second kappa shape index (κ2) is 9.90. The van der Waals surface area contributed by atoms with Gasteiger partial charge in [0.25, 0.3) is 11.8 Å². The summed E-state index contributed by atoms with van der Waals surface area (Å²) < 4.78 is 26.9. The number of para-hydroxylation sites is 2. The van der Waals surface area contributed by atoms with Crippen molar-refractivity contribution in [2.24, 2.45) is 0 Å². The van der Waals surface area contributed by atoms with Crippen molar-refractivity contribution >= 4 is 11.8 Å². The largest absolute Gasteiger partial charge is 0.481 e. The number of rotatable bonds is 6. The molecule has 0 aliphatic carbocycles. The maximum absolute atomic E-state index is 14.4. The molecule has 2 aliphatic heterocycles. The first kappa shape index (κ1) is 24.7. The van der Waals surface area contributed by atoms with Crippen molar-refractivity contribution < 1.29 is 23.5 Å². The van der Waals surface area contributed by atoms with Crippen LogP contribution in [-0.4, -0.2) is 63.7 Å². The number of carbonyl (C=O) groups excluding carboxylic acids is 2. The average Bonchev–Trinajstić information content (AvgIpc) is 3.58. The number of carbonyl (C=O) groups is 2. The zero-order chi connectivity index (χ0) is 27.0. The smallest absolute Gasteiger partial charge is 0.275 e. The molecule has 0 atom stereocenters. The van der Waals surface area contributed by atoms with Gasteiger partial charge >= 0.3 is 0 Å². The Kier molecular flexibility index (Phi) is 6.26. The third-order valence-corrected chi connectivity index (χ3v) is 7.36. The van der Waals surface area contributed by atoms with Gasteiger partial charge in [-0.3, -0.25) is 9.59 Å². The molecule has 6 rings (SSSR count). The third-order valence-electron chi connectivity index (χ3n) is 7.36. The zero-order valence-electron chi connectivity index (χ0n) is 21.4. The highest BCUT2D eigenvalue weighted by molar-refractivity contribution is 5.96. The van der Waals surface area contributed by atoms with Gasteiger partial charge in [-0.15, -0.1) is 0 Å². The number of halogens is 1. The van der Waals surface area contributed by atoms with Crippen LogP contribution in [0.5, 0.6) is 17.4 Å². The van der Waals surface area contributed by atoms with E-state index in [0.717, 1.165) is 18.6 Å². The van der Waals surface area contributed by atoms with Crippen LogP contribution in [-0.2, 0) is 0 Å². The van der Waals surface area contributed by atoms with Crippen LogP contribution in [0.25, 0.3) is 5.69 Å². The van der Waals surface area contributed by atoms with Crippen LogP contribution in [0.1, 0.15) is 33.7 Å². The molecule has 1 spiro atoms. The van der Waals surface area contributed by atoms with Crippen LogP contribution in [0.15, 0.2) is 84.9 Å². The quantitative estimate of drug-likeness (QED) is 0.356. The van der Waals surface area contributed by atoms with Gasteiger partial charge in [0.15, 0.2) is 5.69 Å². The highest BCUT2D eigenvalue weighted by atomic mass is 19.1. The lowest BCUT2D eigenvalue weighted by Gasteiger charge is -2.52. The Hall–Kier alpha value is -4.66. The number of nitrogens with zero attached hydrogens (tertiary/aromatic N) is 4. The summed E-state index contributed by atoms with van der Waals surface area (Å²) in [4.78, 5) is 30.3. The second-order valence-corrected chi connectivity index (χ2v) is 9.82. The monoisotopic (exact) mass is 526 g/mol. The summed E-state index contributed by atoms with van der Waals surface area (Å²) in [7, 11) is 1.45. The van der Waals surface area contributed by atoms with Gasteiger partial charge in [-0.2, -0.15) is 9.78 Å². The first-order chi connectivity index (χ1) is 19.0. The molecule has 9 heteroatoms. The predicted octanol–water partition coefficient (Wildman–Crippen LogP) is 4.94. The van der Waals surface area contributed by atoms with E-state index in [1.54, 1.807) is 52.3 Å². The Morgan fingerprint density at radius 2 is 1.59 bits per heavy atom. The standard InChI is InChI=1S/C30H27FN4O4/c1-38-27-18-25(32-35(27)26-11-6-5-10-24(26)31)29(37)34-17-7-16-30(34)19-33(20-30)28(36)21-12-14-23(15-13-21)39-22-8-3-2-4-9-22/h2-6,8-15,18H,7,16-17,19-20H2,1H3. The Morgan fingerprint density at radius 1 is 0.897 bits per heavy atom. The fourth-order valence-corrected chi connectivity index (χ4v) is 5.41. The van der Waals surface area contributed by atoms with Gasteiger partial charge in [-0.25, -0.2) is 4.39 Å². The van der Waals surface area contributed by atoms with Crippen molar-refractivity contribution in [2.45, 2.75) is 18.4 Å². The second-order valence-electron chi connectivity index (χ2n) is 9.82. The summed E-state index contributed by atoms with van der Waals surface area (Å²) in [5.74, 6) is 0.830. The van der Waals surface area contributed by atoms with E-state index < -0.39 is 11.4 Å². The van der Waals surface area contributed by atoms with Crippen LogP contribution in [0.2, 0.25) is 0 Å². The maximum atomic E-state index is 14.4. The van der Waals surface area contributed by atoms with Crippen molar-refractivity contribution in [3.05, 3.63) is 102 Å². The topological polar surface area (TPSA) is 76.9 Å². The number of likely N-dealkylation sites (tertiary alicyclic amines) is 2. The van der Waals surface area contributed by atoms with E-state index in [0.29, 0.717) is 30.9 Å². The van der Waals surface area contributed by atoms with Crippen LogP contribution in [0, 0.1) is 5.82 Å².